The Labute approximate surface area is 154 Å². The number of sulfone groups is 1. The zero-order valence-electron chi connectivity index (χ0n) is 14.5. The van der Waals surface area contributed by atoms with Crippen LogP contribution in [0, 0.1) is 0 Å². The van der Waals surface area contributed by atoms with Crippen LogP contribution in [0.4, 0.5) is 19.0 Å². The molecule has 0 bridgehead atoms. The van der Waals surface area contributed by atoms with Gasteiger partial charge in [-0.05, 0) is 25.0 Å². The predicted molar refractivity (Wildman–Crippen MR) is 91.3 cm³/mol. The van der Waals surface area contributed by atoms with Crippen molar-refractivity contribution >= 4 is 15.7 Å². The van der Waals surface area contributed by atoms with Crippen LogP contribution < -0.4 is 5.32 Å². The molecule has 1 fully saturated rings. The van der Waals surface area contributed by atoms with Gasteiger partial charge in [0.15, 0.2) is 21.3 Å². The van der Waals surface area contributed by atoms with Crippen LogP contribution in [0.5, 0.6) is 0 Å². The second-order valence-electron chi connectivity index (χ2n) is 6.49. The molecule has 0 aromatic carbocycles. The van der Waals surface area contributed by atoms with Crippen molar-refractivity contribution in [2.45, 2.75) is 49.4 Å². The van der Waals surface area contributed by atoms with Crippen LogP contribution in [0.25, 0.3) is 5.82 Å². The zero-order valence-corrected chi connectivity index (χ0v) is 15.3. The topological polar surface area (TPSA) is 97.1 Å². The molecule has 7 nitrogen and oxygen atoms in total. The Morgan fingerprint density at radius 1 is 1.30 bits per heavy atom. The Morgan fingerprint density at radius 2 is 1.96 bits per heavy atom. The summed E-state index contributed by atoms with van der Waals surface area (Å²) in [6, 6.07) is 2.51. The van der Waals surface area contributed by atoms with Crippen molar-refractivity contribution in [3.05, 3.63) is 29.6 Å². The van der Waals surface area contributed by atoms with Gasteiger partial charge in [-0.2, -0.15) is 23.0 Å². The minimum Gasteiger partial charge on any atom is -0.391 e. The average molecular weight is 404 g/mol. The van der Waals surface area contributed by atoms with E-state index < -0.39 is 28.3 Å². The first-order valence-corrected chi connectivity index (χ1v) is 10.2. The summed E-state index contributed by atoms with van der Waals surface area (Å²) in [5.74, 6) is 0.0458. The van der Waals surface area contributed by atoms with E-state index in [1.165, 1.54) is 12.1 Å². The predicted octanol–water partition coefficient (Wildman–Crippen LogP) is 2.54. The third-order valence-electron chi connectivity index (χ3n) is 4.47. The van der Waals surface area contributed by atoms with E-state index in [4.69, 9.17) is 0 Å². The van der Waals surface area contributed by atoms with Gasteiger partial charge in [0.2, 0.25) is 0 Å². The summed E-state index contributed by atoms with van der Waals surface area (Å²) in [5.41, 5.74) is -1.55. The zero-order chi connectivity index (χ0) is 19.8. The molecule has 27 heavy (non-hydrogen) atoms. The van der Waals surface area contributed by atoms with E-state index in [0.29, 0.717) is 0 Å². The van der Waals surface area contributed by atoms with Gasteiger partial charge in [-0.3, -0.25) is 0 Å². The van der Waals surface area contributed by atoms with E-state index in [1.807, 2.05) is 0 Å². The number of pyridine rings is 1. The summed E-state index contributed by atoms with van der Waals surface area (Å²) in [5, 5.41) is 16.2. The van der Waals surface area contributed by atoms with Gasteiger partial charge in [-0.25, -0.2) is 13.4 Å². The van der Waals surface area contributed by atoms with Crippen LogP contribution in [0.3, 0.4) is 0 Å². The number of aliphatic hydroxyl groups excluding tert-OH is 1. The first-order valence-electron chi connectivity index (χ1n) is 8.34. The van der Waals surface area contributed by atoms with Gasteiger partial charge in [0.1, 0.15) is 5.82 Å². The lowest BCUT2D eigenvalue weighted by atomic mass is 10.2. The molecule has 0 atom stereocenters. The molecule has 148 valence electrons. The molecule has 0 saturated heterocycles. The Balaban J connectivity index is 2.10. The Kier molecular flexibility index (Phi) is 5.17. The van der Waals surface area contributed by atoms with Crippen molar-refractivity contribution < 1.29 is 26.7 Å². The highest BCUT2D eigenvalue weighted by Crippen LogP contribution is 2.37. The van der Waals surface area contributed by atoms with Gasteiger partial charge in [-0.15, -0.1) is 0 Å². The molecule has 0 unspecified atom stereocenters. The Morgan fingerprint density at radius 3 is 2.44 bits per heavy atom. The summed E-state index contributed by atoms with van der Waals surface area (Å²) >= 11 is 0. The van der Waals surface area contributed by atoms with Crippen molar-refractivity contribution in [2.75, 3.05) is 11.6 Å². The molecule has 2 N–H and O–H groups in total. The fraction of sp³-hybridized carbons (Fsp3) is 0.500. The van der Waals surface area contributed by atoms with Crippen LogP contribution in [0.1, 0.15) is 36.9 Å². The lowest BCUT2D eigenvalue weighted by molar-refractivity contribution is -0.142. The number of anilines is 1. The van der Waals surface area contributed by atoms with Gasteiger partial charge in [0.25, 0.3) is 0 Å². The van der Waals surface area contributed by atoms with Gasteiger partial charge in [0.05, 0.1) is 17.1 Å². The fourth-order valence-electron chi connectivity index (χ4n) is 3.12. The normalized spacial score (nSPS) is 16.0. The number of aromatic nitrogens is 3. The average Bonchev–Trinajstić information content (AvgIpc) is 3.21. The standard InChI is InChI=1S/C16H19F3N4O3S/c1-27(25,26)11-6-7-13(20-8-11)23-15(21-10-4-2-3-5-10)12(9-24)14(22-23)16(17,18)19/h6-8,10,21,24H,2-5,9H2,1H3. The SMILES string of the molecule is CS(=O)(=O)c1ccc(-n2nc(C(F)(F)F)c(CO)c2NC2CCCC2)nc1. The number of alkyl halides is 3. The van der Waals surface area contributed by atoms with Crippen LogP contribution in [0.2, 0.25) is 0 Å². The van der Waals surface area contributed by atoms with Crippen molar-refractivity contribution in [3.63, 3.8) is 0 Å². The van der Waals surface area contributed by atoms with Crippen LogP contribution >= 0.6 is 0 Å². The lowest BCUT2D eigenvalue weighted by Gasteiger charge is -2.16. The molecular weight excluding hydrogens is 385 g/mol. The highest BCUT2D eigenvalue weighted by molar-refractivity contribution is 7.90. The summed E-state index contributed by atoms with van der Waals surface area (Å²) < 4.78 is 64.2. The summed E-state index contributed by atoms with van der Waals surface area (Å²) in [7, 11) is -3.49. The van der Waals surface area contributed by atoms with Crippen molar-refractivity contribution in [1.82, 2.24) is 14.8 Å². The van der Waals surface area contributed by atoms with E-state index in [2.05, 4.69) is 15.4 Å². The smallest absolute Gasteiger partial charge is 0.391 e. The molecule has 2 aromatic heterocycles. The van der Waals surface area contributed by atoms with Crippen LogP contribution in [0.15, 0.2) is 23.2 Å². The molecule has 0 spiro atoms. The molecule has 1 aliphatic carbocycles. The highest BCUT2D eigenvalue weighted by atomic mass is 32.2. The maximum Gasteiger partial charge on any atom is 0.435 e. The molecule has 11 heteroatoms. The molecule has 2 heterocycles. The summed E-state index contributed by atoms with van der Waals surface area (Å²) in [6.45, 7) is -0.842. The van der Waals surface area contributed by atoms with Crippen molar-refractivity contribution in [1.29, 1.82) is 0 Å². The van der Waals surface area contributed by atoms with Gasteiger partial charge < -0.3 is 10.4 Å². The van der Waals surface area contributed by atoms with E-state index in [-0.39, 0.29) is 28.1 Å². The van der Waals surface area contributed by atoms with Crippen molar-refractivity contribution in [2.24, 2.45) is 0 Å². The van der Waals surface area contributed by atoms with E-state index in [0.717, 1.165) is 42.8 Å². The Hall–Kier alpha value is -2.14. The van der Waals surface area contributed by atoms with Crippen molar-refractivity contribution in [3.8, 4) is 5.82 Å². The monoisotopic (exact) mass is 404 g/mol. The van der Waals surface area contributed by atoms with E-state index in [1.54, 1.807) is 0 Å². The number of aliphatic hydroxyl groups is 1. The molecule has 0 radical (unpaired) electrons. The third-order valence-corrected chi connectivity index (χ3v) is 5.57. The number of nitrogens with zero attached hydrogens (tertiary/aromatic N) is 3. The van der Waals surface area contributed by atoms with Gasteiger partial charge in [0, 0.05) is 18.5 Å². The largest absolute Gasteiger partial charge is 0.435 e. The Bertz CT molecular complexity index is 918. The van der Waals surface area contributed by atoms with E-state index >= 15 is 0 Å². The lowest BCUT2D eigenvalue weighted by Crippen LogP contribution is -2.19. The fourth-order valence-corrected chi connectivity index (χ4v) is 3.68. The molecule has 0 amide bonds. The number of halogens is 3. The summed E-state index contributed by atoms with van der Waals surface area (Å²) in [6.07, 6.45) is 0.868. The number of hydrogen-bond donors (Lipinski definition) is 2. The molecule has 2 aromatic rings. The minimum atomic E-state index is -4.75. The number of hydrogen-bond acceptors (Lipinski definition) is 6. The van der Waals surface area contributed by atoms with Crippen LogP contribution in [-0.2, 0) is 22.6 Å². The summed E-state index contributed by atoms with van der Waals surface area (Å²) in [4.78, 5) is 3.90. The first kappa shape index (κ1) is 19.6. The van der Waals surface area contributed by atoms with Gasteiger partial charge in [-0.1, -0.05) is 12.8 Å². The minimum absolute atomic E-state index is 0.0214. The number of nitrogens with one attached hydrogen (secondary N) is 1. The molecule has 1 aliphatic rings. The maximum absolute atomic E-state index is 13.4. The van der Waals surface area contributed by atoms with Gasteiger partial charge >= 0.3 is 6.18 Å². The molecular formula is C16H19F3N4O3S. The highest BCUT2D eigenvalue weighted by Gasteiger charge is 2.40. The first-order chi connectivity index (χ1) is 12.6. The molecule has 3 rings (SSSR count). The van der Waals surface area contributed by atoms with E-state index in [9.17, 15) is 26.7 Å². The second-order valence-corrected chi connectivity index (χ2v) is 8.51. The third kappa shape index (κ3) is 4.08. The molecule has 1 saturated carbocycles. The quantitative estimate of drug-likeness (QED) is 0.795. The molecule has 0 aliphatic heterocycles. The maximum atomic E-state index is 13.4. The van der Waals surface area contributed by atoms with Crippen LogP contribution in [-0.4, -0.2) is 40.6 Å². The second kappa shape index (κ2) is 7.12. The number of rotatable bonds is 5.